The predicted molar refractivity (Wildman–Crippen MR) is 157 cm³/mol. The van der Waals surface area contributed by atoms with Gasteiger partial charge in [-0.2, -0.15) is 0 Å². The largest absolute Gasteiger partial charge is 0.496 e. The number of hydrogen-bond acceptors (Lipinski definition) is 6. The molecule has 0 saturated heterocycles. The Bertz CT molecular complexity index is 1310. The average Bonchev–Trinajstić information content (AvgIpc) is 3.35. The van der Waals surface area contributed by atoms with Crippen molar-refractivity contribution in [3.8, 4) is 17.0 Å². The Hall–Kier alpha value is -2.51. The summed E-state index contributed by atoms with van der Waals surface area (Å²) in [6, 6.07) is 9.17. The number of halogens is 2. The van der Waals surface area contributed by atoms with Crippen LogP contribution in [0.1, 0.15) is 79.6 Å². The molecule has 0 aliphatic rings. The number of nitrogens with zero attached hydrogens (tertiary/aromatic N) is 1. The van der Waals surface area contributed by atoms with Crippen LogP contribution in [-0.2, 0) is 16.0 Å². The van der Waals surface area contributed by atoms with E-state index >= 15 is 0 Å². The van der Waals surface area contributed by atoms with Gasteiger partial charge >= 0.3 is 0 Å². The first kappa shape index (κ1) is 30.0. The van der Waals surface area contributed by atoms with Crippen molar-refractivity contribution in [3.63, 3.8) is 0 Å². The minimum Gasteiger partial charge on any atom is -0.496 e. The van der Waals surface area contributed by atoms with E-state index in [1.165, 1.54) is 18.3 Å². The number of aromatic nitrogens is 1. The van der Waals surface area contributed by atoms with Crippen LogP contribution in [0.25, 0.3) is 17.3 Å². The first-order chi connectivity index (χ1) is 18.2. The van der Waals surface area contributed by atoms with Crippen LogP contribution in [-0.4, -0.2) is 30.3 Å². The summed E-state index contributed by atoms with van der Waals surface area (Å²) in [5, 5.41) is 3.24. The lowest BCUT2D eigenvalue weighted by atomic mass is 9.99. The normalized spacial score (nSPS) is 12.4. The van der Waals surface area contributed by atoms with Gasteiger partial charge in [-0.3, -0.25) is 9.59 Å². The Morgan fingerprint density at radius 1 is 1.11 bits per heavy atom. The number of hydrogen-bond donors (Lipinski definition) is 0. The second-order valence-corrected chi connectivity index (χ2v) is 10.8. The van der Waals surface area contributed by atoms with Crippen molar-refractivity contribution >= 4 is 52.2 Å². The monoisotopic (exact) mass is 573 g/mol. The number of ether oxygens (including phenoxy) is 2. The van der Waals surface area contributed by atoms with Crippen LogP contribution in [0.2, 0.25) is 10.0 Å². The fourth-order valence-corrected chi connectivity index (χ4v) is 5.43. The number of thiazole rings is 1. The van der Waals surface area contributed by atoms with Crippen molar-refractivity contribution in [1.29, 1.82) is 0 Å². The molecular formula is C30H33Cl2NO4S. The van der Waals surface area contributed by atoms with Gasteiger partial charge in [-0.05, 0) is 56.5 Å². The molecule has 1 atom stereocenters. The number of carbonyl (C=O) groups excluding carboxylic acids is 2. The van der Waals surface area contributed by atoms with Gasteiger partial charge in [0.1, 0.15) is 10.8 Å². The van der Waals surface area contributed by atoms with Gasteiger partial charge < -0.3 is 9.47 Å². The van der Waals surface area contributed by atoms with E-state index in [9.17, 15) is 9.59 Å². The van der Waals surface area contributed by atoms with E-state index in [0.29, 0.717) is 38.4 Å². The van der Waals surface area contributed by atoms with E-state index in [0.717, 1.165) is 41.8 Å². The maximum absolute atomic E-state index is 13.1. The maximum atomic E-state index is 13.1. The zero-order valence-electron chi connectivity index (χ0n) is 22.4. The molecule has 0 spiro atoms. The van der Waals surface area contributed by atoms with E-state index in [1.807, 2.05) is 23.6 Å². The van der Waals surface area contributed by atoms with Gasteiger partial charge in [-0.25, -0.2) is 4.98 Å². The molecule has 0 N–H and O–H groups in total. The minimum absolute atomic E-state index is 0.0546. The number of benzene rings is 2. The van der Waals surface area contributed by atoms with Gasteiger partial charge in [0, 0.05) is 34.2 Å². The first-order valence-corrected chi connectivity index (χ1v) is 14.3. The van der Waals surface area contributed by atoms with E-state index < -0.39 is 0 Å². The number of methoxy groups -OCH3 is 1. The third kappa shape index (κ3) is 7.32. The second-order valence-electron chi connectivity index (χ2n) is 9.04. The molecule has 0 saturated carbocycles. The SMILES string of the molecule is CCCOC(CCC)c1cccc(-c2csc(CC(=O)c3cc(Cl)c(/C=C(\C)C(C)=O)c(Cl)c3)n2)c1OC. The molecular weight excluding hydrogens is 541 g/mol. The molecule has 38 heavy (non-hydrogen) atoms. The highest BCUT2D eigenvalue weighted by molar-refractivity contribution is 7.10. The van der Waals surface area contributed by atoms with Crippen molar-refractivity contribution in [3.05, 3.63) is 73.0 Å². The summed E-state index contributed by atoms with van der Waals surface area (Å²) >= 11 is 14.2. The molecule has 5 nitrogen and oxygen atoms in total. The Labute approximate surface area is 238 Å². The molecule has 2 aromatic carbocycles. The molecule has 1 heterocycles. The number of para-hydroxylation sites is 1. The van der Waals surface area contributed by atoms with Crippen molar-refractivity contribution in [2.45, 2.75) is 59.5 Å². The molecule has 0 amide bonds. The number of rotatable bonds is 13. The fraction of sp³-hybridized carbons (Fsp3) is 0.367. The third-order valence-electron chi connectivity index (χ3n) is 6.13. The van der Waals surface area contributed by atoms with Crippen molar-refractivity contribution in [2.75, 3.05) is 13.7 Å². The number of ketones is 2. The summed E-state index contributed by atoms with van der Waals surface area (Å²) in [6.07, 6.45) is 4.52. The van der Waals surface area contributed by atoms with Gasteiger partial charge in [0.15, 0.2) is 11.6 Å². The van der Waals surface area contributed by atoms with Crippen LogP contribution in [0.15, 0.2) is 41.3 Å². The first-order valence-electron chi connectivity index (χ1n) is 12.6. The summed E-state index contributed by atoms with van der Waals surface area (Å²) < 4.78 is 12.0. The summed E-state index contributed by atoms with van der Waals surface area (Å²) in [5.41, 5.74) is 4.06. The summed E-state index contributed by atoms with van der Waals surface area (Å²) in [5.74, 6) is 0.520. The quantitative estimate of drug-likeness (QED) is 0.151. The van der Waals surface area contributed by atoms with Gasteiger partial charge in [-0.15, -0.1) is 11.3 Å². The molecule has 0 bridgehead atoms. The van der Waals surface area contributed by atoms with Crippen LogP contribution in [0.3, 0.4) is 0 Å². The predicted octanol–water partition coefficient (Wildman–Crippen LogP) is 8.81. The van der Waals surface area contributed by atoms with E-state index in [1.54, 1.807) is 32.2 Å². The molecule has 0 fully saturated rings. The second kappa shape index (κ2) is 14.0. The molecule has 3 aromatic rings. The van der Waals surface area contributed by atoms with Crippen LogP contribution in [0.5, 0.6) is 5.75 Å². The standard InChI is InChI=1S/C30H33Cl2NO4S/c1-6-9-28(37-12-7-2)22-11-8-10-21(30(22)36-5)26-17-38-29(33-26)16-27(35)20-14-24(31)23(25(32)15-20)13-18(3)19(4)34/h8,10-11,13-15,17,28H,6-7,9,12,16H2,1-5H3/b18-13+. The van der Waals surface area contributed by atoms with Gasteiger partial charge in [-0.1, -0.05) is 55.6 Å². The minimum atomic E-state index is -0.148. The lowest BCUT2D eigenvalue weighted by molar-refractivity contribution is -0.113. The Balaban J connectivity index is 1.86. The van der Waals surface area contributed by atoms with E-state index in [-0.39, 0.29) is 24.1 Å². The van der Waals surface area contributed by atoms with Crippen LogP contribution < -0.4 is 4.74 Å². The maximum Gasteiger partial charge on any atom is 0.169 e. The van der Waals surface area contributed by atoms with Crippen molar-refractivity contribution in [2.24, 2.45) is 0 Å². The molecule has 0 aliphatic carbocycles. The smallest absolute Gasteiger partial charge is 0.169 e. The van der Waals surface area contributed by atoms with Crippen molar-refractivity contribution in [1.82, 2.24) is 4.98 Å². The molecule has 1 unspecified atom stereocenters. The molecule has 0 radical (unpaired) electrons. The fourth-order valence-electron chi connectivity index (χ4n) is 4.05. The van der Waals surface area contributed by atoms with Gasteiger partial charge in [0.25, 0.3) is 0 Å². The van der Waals surface area contributed by atoms with Gasteiger partial charge in [0.05, 0.1) is 35.4 Å². The number of allylic oxidation sites excluding steroid dienone is 1. The topological polar surface area (TPSA) is 65.5 Å². The van der Waals surface area contributed by atoms with Gasteiger partial charge in [0.2, 0.25) is 0 Å². The lowest BCUT2D eigenvalue weighted by Crippen LogP contribution is -2.08. The highest BCUT2D eigenvalue weighted by Gasteiger charge is 2.21. The molecule has 1 aromatic heterocycles. The Morgan fingerprint density at radius 2 is 1.82 bits per heavy atom. The zero-order valence-corrected chi connectivity index (χ0v) is 24.7. The summed E-state index contributed by atoms with van der Waals surface area (Å²) in [4.78, 5) is 29.4. The Morgan fingerprint density at radius 3 is 2.42 bits per heavy atom. The molecule has 202 valence electrons. The highest BCUT2D eigenvalue weighted by Crippen LogP contribution is 2.39. The average molecular weight is 575 g/mol. The van der Waals surface area contributed by atoms with Crippen LogP contribution >= 0.6 is 34.5 Å². The van der Waals surface area contributed by atoms with E-state index in [2.05, 4.69) is 13.8 Å². The van der Waals surface area contributed by atoms with Crippen LogP contribution in [0.4, 0.5) is 0 Å². The van der Waals surface area contributed by atoms with Crippen LogP contribution in [0, 0.1) is 0 Å². The molecule has 8 heteroatoms. The van der Waals surface area contributed by atoms with E-state index in [4.69, 9.17) is 37.7 Å². The van der Waals surface area contributed by atoms with Crippen molar-refractivity contribution < 1.29 is 19.1 Å². The summed E-state index contributed by atoms with van der Waals surface area (Å²) in [6.45, 7) is 8.09. The lowest BCUT2D eigenvalue weighted by Gasteiger charge is -2.21. The zero-order chi connectivity index (χ0) is 27.8. The molecule has 0 aliphatic heterocycles. The molecule has 3 rings (SSSR count). The Kier molecular flexibility index (Phi) is 11.1. The summed E-state index contributed by atoms with van der Waals surface area (Å²) in [7, 11) is 1.66. The number of carbonyl (C=O) groups is 2. The highest BCUT2D eigenvalue weighted by atomic mass is 35.5. The number of Topliss-reactive ketones (excluding diaryl/α,β-unsaturated/α-hetero) is 2. The third-order valence-corrected chi connectivity index (χ3v) is 7.60.